The first-order valence-corrected chi connectivity index (χ1v) is 7.67. The first-order valence-electron chi connectivity index (χ1n) is 7.29. The molecule has 1 aliphatic rings. The molecule has 0 bridgehead atoms. The number of nitrogens with zero attached hydrogens (tertiary/aromatic N) is 5. The monoisotopic (exact) mass is 319 g/mol. The lowest BCUT2D eigenvalue weighted by molar-refractivity contribution is 0.0760. The van der Waals surface area contributed by atoms with E-state index in [9.17, 15) is 4.79 Å². The lowest BCUT2D eigenvalue weighted by atomic mass is 10.3. The predicted molar refractivity (Wildman–Crippen MR) is 85.2 cm³/mol. The van der Waals surface area contributed by atoms with Gasteiger partial charge in [0.25, 0.3) is 5.91 Å². The minimum absolute atomic E-state index is 0.00786. The Morgan fingerprint density at radius 3 is 2.73 bits per heavy atom. The summed E-state index contributed by atoms with van der Waals surface area (Å²) in [5.41, 5.74) is 0.501. The van der Waals surface area contributed by atoms with Crippen molar-refractivity contribution >= 4 is 23.3 Å². The predicted octanol–water partition coefficient (Wildman–Crippen LogP) is 1.82. The van der Waals surface area contributed by atoms with Crippen molar-refractivity contribution in [2.75, 3.05) is 31.1 Å². The van der Waals surface area contributed by atoms with Crippen LogP contribution in [0.25, 0.3) is 0 Å². The van der Waals surface area contributed by atoms with Gasteiger partial charge in [0.05, 0.1) is 5.02 Å². The number of hydrogen-bond donors (Lipinski definition) is 0. The fourth-order valence-corrected chi connectivity index (χ4v) is 2.71. The largest absolute Gasteiger partial charge is 0.355 e. The Morgan fingerprint density at radius 2 is 2.05 bits per heavy atom. The molecular weight excluding hydrogens is 302 g/mol. The van der Waals surface area contributed by atoms with Gasteiger partial charge in [-0.25, -0.2) is 4.98 Å². The zero-order chi connectivity index (χ0) is 15.5. The first kappa shape index (κ1) is 14.8. The van der Waals surface area contributed by atoms with Crippen LogP contribution in [-0.2, 0) is 7.05 Å². The second kappa shape index (κ2) is 6.36. The average molecular weight is 320 g/mol. The highest BCUT2D eigenvalue weighted by atomic mass is 35.5. The van der Waals surface area contributed by atoms with Gasteiger partial charge in [-0.05, 0) is 24.6 Å². The zero-order valence-corrected chi connectivity index (χ0v) is 13.2. The Morgan fingerprint density at radius 1 is 1.18 bits per heavy atom. The van der Waals surface area contributed by atoms with Gasteiger partial charge in [-0.2, -0.15) is 5.10 Å². The summed E-state index contributed by atoms with van der Waals surface area (Å²) >= 11 is 5.87. The van der Waals surface area contributed by atoms with Gasteiger partial charge in [0.1, 0.15) is 11.5 Å². The number of pyridine rings is 1. The van der Waals surface area contributed by atoms with Gasteiger partial charge in [0.15, 0.2) is 0 Å². The fourth-order valence-electron chi connectivity index (χ4n) is 2.60. The lowest BCUT2D eigenvalue weighted by Gasteiger charge is -2.22. The highest BCUT2D eigenvalue weighted by molar-refractivity contribution is 6.30. The van der Waals surface area contributed by atoms with Crippen molar-refractivity contribution in [3.8, 4) is 0 Å². The maximum atomic E-state index is 12.5. The minimum Gasteiger partial charge on any atom is -0.355 e. The third-order valence-electron chi connectivity index (χ3n) is 3.75. The van der Waals surface area contributed by atoms with Gasteiger partial charge in [0, 0.05) is 45.6 Å². The van der Waals surface area contributed by atoms with Gasteiger partial charge in [-0.15, -0.1) is 0 Å². The second-order valence-electron chi connectivity index (χ2n) is 5.34. The van der Waals surface area contributed by atoms with Gasteiger partial charge < -0.3 is 9.80 Å². The van der Waals surface area contributed by atoms with E-state index in [0.717, 1.165) is 31.9 Å². The maximum absolute atomic E-state index is 12.5. The topological polar surface area (TPSA) is 54.3 Å². The smallest absolute Gasteiger partial charge is 0.274 e. The normalized spacial score (nSPS) is 15.7. The Bertz CT molecular complexity index is 654. The molecule has 0 radical (unpaired) electrons. The standard InChI is InChI=1S/C15H18ClN5O/c1-19-8-5-13(18-19)15(22)21-7-2-6-20(9-10-21)14-4-3-12(16)11-17-14/h3-5,8,11H,2,6-7,9-10H2,1H3. The van der Waals surface area contributed by atoms with Crippen LogP contribution in [-0.4, -0.2) is 51.8 Å². The van der Waals surface area contributed by atoms with Gasteiger partial charge in [-0.1, -0.05) is 11.6 Å². The number of hydrogen-bond acceptors (Lipinski definition) is 4. The molecule has 0 spiro atoms. The third kappa shape index (κ3) is 3.22. The molecule has 22 heavy (non-hydrogen) atoms. The summed E-state index contributed by atoms with van der Waals surface area (Å²) < 4.78 is 1.65. The number of halogens is 1. The summed E-state index contributed by atoms with van der Waals surface area (Å²) in [4.78, 5) is 20.8. The maximum Gasteiger partial charge on any atom is 0.274 e. The number of carbonyl (C=O) groups excluding carboxylic acids is 1. The molecule has 0 aromatic carbocycles. The molecule has 0 aliphatic carbocycles. The molecule has 0 N–H and O–H groups in total. The number of aryl methyl sites for hydroxylation is 1. The summed E-state index contributed by atoms with van der Waals surface area (Å²) in [6.07, 6.45) is 4.34. The van der Waals surface area contributed by atoms with Gasteiger partial charge in [0.2, 0.25) is 0 Å². The minimum atomic E-state index is -0.00786. The van der Waals surface area contributed by atoms with E-state index in [0.29, 0.717) is 17.3 Å². The van der Waals surface area contributed by atoms with Crippen LogP contribution in [0.3, 0.4) is 0 Å². The highest BCUT2D eigenvalue weighted by Gasteiger charge is 2.22. The molecule has 2 aromatic heterocycles. The average Bonchev–Trinajstić information content (AvgIpc) is 2.81. The molecule has 7 heteroatoms. The van der Waals surface area contributed by atoms with Crippen molar-refractivity contribution in [1.29, 1.82) is 0 Å². The van der Waals surface area contributed by atoms with Crippen LogP contribution in [0.5, 0.6) is 0 Å². The first-order chi connectivity index (χ1) is 10.6. The van der Waals surface area contributed by atoms with Gasteiger partial charge >= 0.3 is 0 Å². The molecule has 6 nitrogen and oxygen atoms in total. The number of anilines is 1. The van der Waals surface area contributed by atoms with Crippen LogP contribution in [0.4, 0.5) is 5.82 Å². The van der Waals surface area contributed by atoms with Crippen molar-refractivity contribution in [3.63, 3.8) is 0 Å². The highest BCUT2D eigenvalue weighted by Crippen LogP contribution is 2.17. The second-order valence-corrected chi connectivity index (χ2v) is 5.78. The van der Waals surface area contributed by atoms with E-state index in [1.54, 1.807) is 23.1 Å². The Kier molecular flexibility index (Phi) is 4.29. The zero-order valence-electron chi connectivity index (χ0n) is 12.4. The molecule has 1 aliphatic heterocycles. The Labute approximate surface area is 134 Å². The van der Waals surface area contributed by atoms with E-state index in [4.69, 9.17) is 11.6 Å². The molecule has 0 saturated carbocycles. The van der Waals surface area contributed by atoms with E-state index in [1.165, 1.54) is 0 Å². The fraction of sp³-hybridized carbons (Fsp3) is 0.400. The van der Waals surface area contributed by atoms with E-state index < -0.39 is 0 Å². The Balaban J connectivity index is 1.67. The van der Waals surface area contributed by atoms with Crippen molar-refractivity contribution in [2.24, 2.45) is 7.05 Å². The van der Waals surface area contributed by atoms with Crippen LogP contribution in [0.15, 0.2) is 30.6 Å². The van der Waals surface area contributed by atoms with E-state index >= 15 is 0 Å². The Hall–Kier alpha value is -2.08. The van der Waals surface area contributed by atoms with Crippen LogP contribution in [0.2, 0.25) is 5.02 Å². The van der Waals surface area contributed by atoms with Gasteiger partial charge in [-0.3, -0.25) is 9.48 Å². The summed E-state index contributed by atoms with van der Waals surface area (Å²) in [6, 6.07) is 5.51. The van der Waals surface area contributed by atoms with Crippen LogP contribution in [0.1, 0.15) is 16.9 Å². The van der Waals surface area contributed by atoms with E-state index in [2.05, 4.69) is 15.0 Å². The molecule has 0 unspecified atom stereocenters. The third-order valence-corrected chi connectivity index (χ3v) is 3.98. The number of rotatable bonds is 2. The molecule has 1 saturated heterocycles. The molecule has 1 amide bonds. The van der Waals surface area contributed by atoms with Crippen molar-refractivity contribution < 1.29 is 4.79 Å². The summed E-state index contributed by atoms with van der Waals surface area (Å²) in [5.74, 6) is 0.892. The summed E-state index contributed by atoms with van der Waals surface area (Å²) in [6.45, 7) is 3.03. The lowest BCUT2D eigenvalue weighted by Crippen LogP contribution is -2.35. The number of aromatic nitrogens is 3. The van der Waals surface area contributed by atoms with Crippen molar-refractivity contribution in [1.82, 2.24) is 19.7 Å². The SMILES string of the molecule is Cn1ccc(C(=O)N2CCCN(c3ccc(Cl)cn3)CC2)n1. The van der Waals surface area contributed by atoms with Crippen LogP contribution in [0, 0.1) is 0 Å². The molecule has 116 valence electrons. The van der Waals surface area contributed by atoms with Crippen molar-refractivity contribution in [3.05, 3.63) is 41.3 Å². The van der Waals surface area contributed by atoms with E-state index in [-0.39, 0.29) is 5.91 Å². The molecule has 3 rings (SSSR count). The summed E-state index contributed by atoms with van der Waals surface area (Å²) in [5, 5.41) is 4.82. The van der Waals surface area contributed by atoms with Crippen molar-refractivity contribution in [2.45, 2.75) is 6.42 Å². The molecule has 1 fully saturated rings. The molecule has 3 heterocycles. The molecule has 2 aromatic rings. The molecular formula is C15H18ClN5O. The van der Waals surface area contributed by atoms with Crippen LogP contribution < -0.4 is 4.90 Å². The quantitative estimate of drug-likeness (QED) is 0.847. The molecule has 0 atom stereocenters. The number of amides is 1. The number of carbonyl (C=O) groups is 1. The van der Waals surface area contributed by atoms with E-state index in [1.807, 2.05) is 24.1 Å². The van der Waals surface area contributed by atoms with Crippen LogP contribution >= 0.6 is 11.6 Å². The summed E-state index contributed by atoms with van der Waals surface area (Å²) in [7, 11) is 1.81.